The van der Waals surface area contributed by atoms with Crippen LogP contribution in [-0.4, -0.2) is 47.6 Å². The Morgan fingerprint density at radius 1 is 1.12 bits per heavy atom. The number of nitriles is 1. The van der Waals surface area contributed by atoms with Crippen LogP contribution in [0.15, 0.2) is 91.3 Å². The molecule has 8 nitrogen and oxygen atoms in total. The standard InChI is InChI=1S/C33H32N6O2/c1-4-41-31-19-28-27(18-29(31)37-32(40)11-8-15-38(2)3)33(25(20-34)21-35-28)36-26-12-13-30-24(17-26)14-16-39(30)22-23-9-6-5-7-10-23/h5-14,16-19,21H,4,15,22H2,1-3H3,(H,35,36)(H,37,40). The minimum absolute atomic E-state index is 0.267. The van der Waals surface area contributed by atoms with E-state index in [-0.39, 0.29) is 5.91 Å². The van der Waals surface area contributed by atoms with Crippen molar-refractivity contribution < 1.29 is 9.53 Å². The summed E-state index contributed by atoms with van der Waals surface area (Å²) in [4.78, 5) is 19.1. The lowest BCUT2D eigenvalue weighted by Crippen LogP contribution is -2.13. The number of hydrogen-bond donors (Lipinski definition) is 2. The average Bonchev–Trinajstić information content (AvgIpc) is 3.36. The Hall–Kier alpha value is -5.13. The summed E-state index contributed by atoms with van der Waals surface area (Å²) in [5, 5.41) is 18.1. The Kier molecular flexibility index (Phi) is 8.28. The molecule has 0 radical (unpaired) electrons. The Bertz CT molecular complexity index is 1770. The molecule has 206 valence electrons. The van der Waals surface area contributed by atoms with Gasteiger partial charge in [-0.15, -0.1) is 0 Å². The number of rotatable bonds is 10. The van der Waals surface area contributed by atoms with E-state index in [2.05, 4.69) is 62.8 Å². The van der Waals surface area contributed by atoms with Gasteiger partial charge in [0.2, 0.25) is 5.91 Å². The molecule has 8 heteroatoms. The third-order valence-electron chi connectivity index (χ3n) is 6.62. The number of nitrogens with zero attached hydrogens (tertiary/aromatic N) is 4. The highest BCUT2D eigenvalue weighted by Crippen LogP contribution is 2.36. The summed E-state index contributed by atoms with van der Waals surface area (Å²) in [6.45, 7) is 3.74. The lowest BCUT2D eigenvalue weighted by atomic mass is 10.1. The molecule has 0 bridgehead atoms. The van der Waals surface area contributed by atoms with Crippen molar-refractivity contribution in [2.75, 3.05) is 37.9 Å². The fraction of sp³-hybridized carbons (Fsp3) is 0.182. The molecule has 0 atom stereocenters. The molecular weight excluding hydrogens is 512 g/mol. The number of aromatic nitrogens is 2. The van der Waals surface area contributed by atoms with E-state index in [4.69, 9.17) is 4.74 Å². The van der Waals surface area contributed by atoms with Crippen LogP contribution in [0.25, 0.3) is 21.8 Å². The van der Waals surface area contributed by atoms with Crippen LogP contribution in [0.3, 0.4) is 0 Å². The molecule has 5 aromatic rings. The maximum absolute atomic E-state index is 12.7. The van der Waals surface area contributed by atoms with Gasteiger partial charge in [-0.05, 0) is 56.9 Å². The lowest BCUT2D eigenvalue weighted by Gasteiger charge is -2.16. The van der Waals surface area contributed by atoms with E-state index in [9.17, 15) is 10.1 Å². The van der Waals surface area contributed by atoms with Crippen molar-refractivity contribution in [2.45, 2.75) is 13.5 Å². The number of nitrogens with one attached hydrogen (secondary N) is 2. The molecule has 5 rings (SSSR count). The third-order valence-corrected chi connectivity index (χ3v) is 6.62. The first-order valence-electron chi connectivity index (χ1n) is 13.5. The van der Waals surface area contributed by atoms with Crippen molar-refractivity contribution in [1.29, 1.82) is 5.26 Å². The van der Waals surface area contributed by atoms with Gasteiger partial charge in [-0.1, -0.05) is 36.4 Å². The van der Waals surface area contributed by atoms with Crippen molar-refractivity contribution in [3.63, 3.8) is 0 Å². The zero-order valence-electron chi connectivity index (χ0n) is 23.4. The normalized spacial score (nSPS) is 11.3. The highest BCUT2D eigenvalue weighted by molar-refractivity contribution is 6.05. The first kappa shape index (κ1) is 27.4. The van der Waals surface area contributed by atoms with Crippen LogP contribution in [-0.2, 0) is 11.3 Å². The summed E-state index contributed by atoms with van der Waals surface area (Å²) in [7, 11) is 3.87. The number of hydrogen-bond acceptors (Lipinski definition) is 6. The van der Waals surface area contributed by atoms with E-state index < -0.39 is 0 Å². The number of carbonyl (C=O) groups is 1. The summed E-state index contributed by atoms with van der Waals surface area (Å²) in [5.41, 5.74) is 5.35. The predicted molar refractivity (Wildman–Crippen MR) is 165 cm³/mol. The third kappa shape index (κ3) is 6.38. The molecule has 0 saturated carbocycles. The number of ether oxygens (including phenoxy) is 1. The quantitative estimate of drug-likeness (QED) is 0.200. The van der Waals surface area contributed by atoms with Crippen molar-refractivity contribution in [1.82, 2.24) is 14.5 Å². The van der Waals surface area contributed by atoms with Crippen LogP contribution in [0.5, 0.6) is 5.75 Å². The number of fused-ring (bicyclic) bond motifs is 2. The van der Waals surface area contributed by atoms with Crippen LogP contribution in [0, 0.1) is 11.3 Å². The Morgan fingerprint density at radius 2 is 1.95 bits per heavy atom. The molecule has 0 aliphatic carbocycles. The zero-order valence-corrected chi connectivity index (χ0v) is 23.4. The molecule has 0 saturated heterocycles. The zero-order chi connectivity index (χ0) is 28.8. The van der Waals surface area contributed by atoms with E-state index in [0.717, 1.165) is 23.1 Å². The monoisotopic (exact) mass is 544 g/mol. The van der Waals surface area contributed by atoms with Gasteiger partial charge >= 0.3 is 0 Å². The molecule has 0 fully saturated rings. The van der Waals surface area contributed by atoms with E-state index in [1.165, 1.54) is 11.6 Å². The minimum atomic E-state index is -0.267. The molecule has 41 heavy (non-hydrogen) atoms. The van der Waals surface area contributed by atoms with Gasteiger partial charge in [-0.2, -0.15) is 5.26 Å². The maximum atomic E-state index is 12.7. The molecule has 2 aromatic heterocycles. The Balaban J connectivity index is 1.49. The first-order valence-corrected chi connectivity index (χ1v) is 13.5. The predicted octanol–water partition coefficient (Wildman–Crippen LogP) is 6.31. The molecule has 3 aromatic carbocycles. The fourth-order valence-electron chi connectivity index (χ4n) is 4.70. The Morgan fingerprint density at radius 3 is 2.71 bits per heavy atom. The summed E-state index contributed by atoms with van der Waals surface area (Å²) in [6.07, 6.45) is 6.93. The van der Waals surface area contributed by atoms with Crippen LogP contribution in [0.4, 0.5) is 17.1 Å². The maximum Gasteiger partial charge on any atom is 0.248 e. The summed E-state index contributed by atoms with van der Waals surface area (Å²) >= 11 is 0. The van der Waals surface area contributed by atoms with Gasteiger partial charge in [0, 0.05) is 59.6 Å². The van der Waals surface area contributed by atoms with Crippen LogP contribution < -0.4 is 15.4 Å². The smallest absolute Gasteiger partial charge is 0.248 e. The molecule has 0 aliphatic rings. The number of amides is 1. The van der Waals surface area contributed by atoms with E-state index >= 15 is 0 Å². The second-order valence-corrected chi connectivity index (χ2v) is 9.94. The number of pyridine rings is 1. The van der Waals surface area contributed by atoms with Gasteiger partial charge in [-0.25, -0.2) is 0 Å². The first-order chi connectivity index (χ1) is 19.9. The van der Waals surface area contributed by atoms with E-state index in [0.29, 0.717) is 46.7 Å². The average molecular weight is 545 g/mol. The van der Waals surface area contributed by atoms with Crippen molar-refractivity contribution in [3.05, 3.63) is 102 Å². The molecule has 2 heterocycles. The Labute approximate surface area is 239 Å². The summed E-state index contributed by atoms with van der Waals surface area (Å²) < 4.78 is 8.04. The highest BCUT2D eigenvalue weighted by Gasteiger charge is 2.16. The number of likely N-dealkylation sites (N-methyl/N-ethyl adjacent to an activating group) is 1. The largest absolute Gasteiger partial charge is 0.492 e. The highest BCUT2D eigenvalue weighted by atomic mass is 16.5. The summed E-state index contributed by atoms with van der Waals surface area (Å²) in [6, 6.07) is 24.4. The van der Waals surface area contributed by atoms with Gasteiger partial charge < -0.3 is 24.8 Å². The van der Waals surface area contributed by atoms with Crippen LogP contribution in [0.2, 0.25) is 0 Å². The molecular formula is C33H32N6O2. The van der Waals surface area contributed by atoms with Crippen molar-refractivity contribution >= 4 is 44.8 Å². The molecule has 1 amide bonds. The SMILES string of the molecule is CCOc1cc2ncc(C#N)c(Nc3ccc4c(ccn4Cc4ccccc4)c3)c2cc1NC(=O)C=CCN(C)C. The van der Waals surface area contributed by atoms with Crippen molar-refractivity contribution in [2.24, 2.45) is 0 Å². The number of anilines is 3. The van der Waals surface area contributed by atoms with Crippen molar-refractivity contribution in [3.8, 4) is 11.8 Å². The van der Waals surface area contributed by atoms with Gasteiger partial charge in [0.05, 0.1) is 29.1 Å². The van der Waals surface area contributed by atoms with Crippen LogP contribution in [0.1, 0.15) is 18.1 Å². The lowest BCUT2D eigenvalue weighted by molar-refractivity contribution is -0.111. The van der Waals surface area contributed by atoms with E-state index in [1.54, 1.807) is 18.3 Å². The molecule has 0 spiro atoms. The van der Waals surface area contributed by atoms with E-state index in [1.807, 2.05) is 56.3 Å². The van der Waals surface area contributed by atoms with Gasteiger partial charge in [0.1, 0.15) is 11.8 Å². The molecule has 2 N–H and O–H groups in total. The molecule has 0 aliphatic heterocycles. The fourth-order valence-corrected chi connectivity index (χ4v) is 4.70. The van der Waals surface area contributed by atoms with Gasteiger partial charge in [-0.3, -0.25) is 9.78 Å². The van der Waals surface area contributed by atoms with Gasteiger partial charge in [0.25, 0.3) is 0 Å². The van der Waals surface area contributed by atoms with Gasteiger partial charge in [0.15, 0.2) is 0 Å². The second kappa shape index (κ2) is 12.4. The number of benzene rings is 3. The second-order valence-electron chi connectivity index (χ2n) is 9.94. The molecule has 0 unspecified atom stereocenters. The topological polar surface area (TPSA) is 95.2 Å². The summed E-state index contributed by atoms with van der Waals surface area (Å²) in [5.74, 6) is 0.246. The minimum Gasteiger partial charge on any atom is -0.492 e. The van der Waals surface area contributed by atoms with Crippen LogP contribution >= 0.6 is 0 Å². The number of carbonyl (C=O) groups excluding carboxylic acids is 1.